The molecule has 4 N–H and O–H groups in total. The van der Waals surface area contributed by atoms with E-state index >= 15 is 0 Å². The number of carbonyl (C=O) groups is 2. The number of nitriles is 1. The third kappa shape index (κ3) is 1.64. The van der Waals surface area contributed by atoms with Gasteiger partial charge in [-0.2, -0.15) is 5.26 Å². The summed E-state index contributed by atoms with van der Waals surface area (Å²) in [4.78, 5) is 25.8. The number of cyclic esters (lactones) is 1. The van der Waals surface area contributed by atoms with Crippen LogP contribution < -0.4 is 16.4 Å². The molecule has 1 atom stereocenters. The number of halogens is 1. The van der Waals surface area contributed by atoms with Crippen LogP contribution in [0.15, 0.2) is 40.9 Å². The number of para-hydroxylation sites is 1. The molecule has 0 unspecified atom stereocenters. The number of fused-ring (bicyclic) bond motifs is 3. The van der Waals surface area contributed by atoms with E-state index in [1.54, 1.807) is 32.0 Å². The van der Waals surface area contributed by atoms with Gasteiger partial charge in [0.15, 0.2) is 0 Å². The van der Waals surface area contributed by atoms with Crippen LogP contribution in [0, 0.1) is 11.3 Å². The first-order valence-corrected chi connectivity index (χ1v) is 7.89. The number of amides is 1. The van der Waals surface area contributed by atoms with Gasteiger partial charge in [0.05, 0.1) is 27.6 Å². The molecule has 1 aromatic rings. The number of benzene rings is 1. The lowest BCUT2D eigenvalue weighted by molar-refractivity contribution is -0.145. The smallest absolute Gasteiger partial charge is 0.338 e. The van der Waals surface area contributed by atoms with Crippen molar-refractivity contribution >= 4 is 29.2 Å². The zero-order chi connectivity index (χ0) is 18.1. The fourth-order valence-electron chi connectivity index (χ4n) is 3.75. The minimum atomic E-state index is -1.68. The standard InChI is InChI=1S/C17H13ClN4O3/c1-16(2)12-10(14(23)25-16)17(8(6-19)13(20)22-12)7-4-3-5-9(18)11(7)21-15(17)24/h3-5,22H,20H2,1-2H3,(H,21,24)/t17-/m0/s1. The van der Waals surface area contributed by atoms with Crippen molar-refractivity contribution in [1.29, 1.82) is 5.26 Å². The first-order chi connectivity index (χ1) is 11.7. The van der Waals surface area contributed by atoms with Crippen LogP contribution in [0.3, 0.4) is 0 Å². The number of dihydropyridines is 1. The van der Waals surface area contributed by atoms with Crippen LogP contribution in [0.25, 0.3) is 0 Å². The third-order valence-corrected chi connectivity index (χ3v) is 5.11. The summed E-state index contributed by atoms with van der Waals surface area (Å²) >= 11 is 6.21. The normalized spacial score (nSPS) is 26.0. The predicted molar refractivity (Wildman–Crippen MR) is 88.9 cm³/mol. The second-order valence-electron chi connectivity index (χ2n) is 6.54. The van der Waals surface area contributed by atoms with E-state index < -0.39 is 22.9 Å². The highest BCUT2D eigenvalue weighted by atomic mass is 35.5. The van der Waals surface area contributed by atoms with E-state index in [0.29, 0.717) is 22.0 Å². The summed E-state index contributed by atoms with van der Waals surface area (Å²) in [6, 6.07) is 6.91. The molecule has 3 aliphatic rings. The fraction of sp³-hybridized carbons (Fsp3) is 0.235. The van der Waals surface area contributed by atoms with Gasteiger partial charge < -0.3 is 21.1 Å². The van der Waals surface area contributed by atoms with Crippen molar-refractivity contribution in [2.75, 3.05) is 5.32 Å². The van der Waals surface area contributed by atoms with Crippen LogP contribution in [0.2, 0.25) is 5.02 Å². The first-order valence-electron chi connectivity index (χ1n) is 7.51. The van der Waals surface area contributed by atoms with E-state index in [1.165, 1.54) is 0 Å². The molecule has 1 spiro atoms. The topological polar surface area (TPSA) is 117 Å². The Morgan fingerprint density at radius 2 is 2.00 bits per heavy atom. The van der Waals surface area contributed by atoms with Crippen LogP contribution in [0.5, 0.6) is 0 Å². The summed E-state index contributed by atoms with van der Waals surface area (Å²) in [5, 5.41) is 15.6. The van der Waals surface area contributed by atoms with Crippen molar-refractivity contribution in [3.05, 3.63) is 51.4 Å². The Kier molecular flexibility index (Phi) is 2.83. The summed E-state index contributed by atoms with van der Waals surface area (Å²) in [5.41, 5.74) is 4.53. The average Bonchev–Trinajstić information content (AvgIpc) is 2.94. The number of carbonyl (C=O) groups excluding carboxylic acids is 2. The summed E-state index contributed by atoms with van der Waals surface area (Å²) in [5.74, 6) is -1.22. The van der Waals surface area contributed by atoms with Gasteiger partial charge >= 0.3 is 5.97 Å². The van der Waals surface area contributed by atoms with Crippen LogP contribution in [0.1, 0.15) is 19.4 Å². The molecule has 0 bridgehead atoms. The fourth-order valence-corrected chi connectivity index (χ4v) is 3.97. The molecule has 0 saturated carbocycles. The SMILES string of the molecule is CC1(C)OC(=O)C2=C1NC(N)=C(C#N)[C@]21C(=O)Nc2c(Cl)cccc21. The van der Waals surface area contributed by atoms with Crippen LogP contribution in [0.4, 0.5) is 5.69 Å². The number of nitrogens with zero attached hydrogens (tertiary/aromatic N) is 1. The second kappa shape index (κ2) is 4.55. The Balaban J connectivity index is 2.16. The van der Waals surface area contributed by atoms with Crippen LogP contribution in [-0.4, -0.2) is 17.5 Å². The van der Waals surface area contributed by atoms with Gasteiger partial charge in [0.2, 0.25) is 5.91 Å². The van der Waals surface area contributed by atoms with Crippen molar-refractivity contribution in [2.45, 2.75) is 24.9 Å². The molecule has 1 aromatic carbocycles. The number of nitrogens with two attached hydrogens (primary N) is 1. The van der Waals surface area contributed by atoms with Crippen molar-refractivity contribution < 1.29 is 14.3 Å². The Morgan fingerprint density at radius 1 is 1.28 bits per heavy atom. The maximum absolute atomic E-state index is 13.1. The Labute approximate surface area is 148 Å². The van der Waals surface area contributed by atoms with E-state index in [9.17, 15) is 14.9 Å². The number of nitrogens with one attached hydrogen (secondary N) is 2. The van der Waals surface area contributed by atoms with E-state index in [-0.39, 0.29) is 17.0 Å². The number of rotatable bonds is 0. The molecule has 25 heavy (non-hydrogen) atoms. The van der Waals surface area contributed by atoms with Crippen LogP contribution in [-0.2, 0) is 19.7 Å². The second-order valence-corrected chi connectivity index (χ2v) is 6.95. The van der Waals surface area contributed by atoms with Crippen molar-refractivity contribution in [2.24, 2.45) is 5.73 Å². The maximum Gasteiger partial charge on any atom is 0.338 e. The molecule has 0 fully saturated rings. The Hall–Kier alpha value is -2.98. The molecular weight excluding hydrogens is 344 g/mol. The lowest BCUT2D eigenvalue weighted by Crippen LogP contribution is -2.48. The van der Waals surface area contributed by atoms with E-state index in [4.69, 9.17) is 22.1 Å². The lowest BCUT2D eigenvalue weighted by Gasteiger charge is -2.34. The van der Waals surface area contributed by atoms with Crippen molar-refractivity contribution in [3.8, 4) is 6.07 Å². The highest BCUT2D eigenvalue weighted by molar-refractivity contribution is 6.35. The summed E-state index contributed by atoms with van der Waals surface area (Å²) in [6.07, 6.45) is 0. The van der Waals surface area contributed by atoms with E-state index in [0.717, 1.165) is 0 Å². The minimum absolute atomic E-state index is 0.00982. The molecule has 1 amide bonds. The lowest BCUT2D eigenvalue weighted by atomic mass is 9.67. The van der Waals surface area contributed by atoms with Gasteiger partial charge in [-0.25, -0.2) is 4.79 Å². The molecular formula is C17H13ClN4O3. The minimum Gasteiger partial charge on any atom is -0.450 e. The van der Waals surface area contributed by atoms with Crippen molar-refractivity contribution in [1.82, 2.24) is 5.32 Å². The predicted octanol–water partition coefficient (Wildman–Crippen LogP) is 1.42. The zero-order valence-corrected chi connectivity index (χ0v) is 14.1. The molecule has 0 radical (unpaired) electrons. The molecule has 0 saturated heterocycles. The molecule has 3 heterocycles. The van der Waals surface area contributed by atoms with Gasteiger partial charge in [-0.05, 0) is 19.9 Å². The molecule has 8 heteroatoms. The molecule has 4 rings (SSSR count). The van der Waals surface area contributed by atoms with Crippen molar-refractivity contribution in [3.63, 3.8) is 0 Å². The van der Waals surface area contributed by atoms with Gasteiger partial charge in [0.1, 0.15) is 22.9 Å². The molecule has 7 nitrogen and oxygen atoms in total. The largest absolute Gasteiger partial charge is 0.450 e. The molecule has 3 aliphatic heterocycles. The monoisotopic (exact) mass is 356 g/mol. The summed E-state index contributed by atoms with van der Waals surface area (Å²) < 4.78 is 5.44. The average molecular weight is 357 g/mol. The summed E-state index contributed by atoms with van der Waals surface area (Å²) in [7, 11) is 0. The first kappa shape index (κ1) is 15.5. The molecule has 126 valence electrons. The number of ether oxygens (including phenoxy) is 1. The number of esters is 1. The zero-order valence-electron chi connectivity index (χ0n) is 13.4. The van der Waals surface area contributed by atoms with Gasteiger partial charge in [-0.15, -0.1) is 0 Å². The highest BCUT2D eigenvalue weighted by Crippen LogP contribution is 2.55. The number of hydrogen-bond donors (Lipinski definition) is 3. The Morgan fingerprint density at radius 3 is 2.68 bits per heavy atom. The molecule has 0 aromatic heterocycles. The number of anilines is 1. The van der Waals surface area contributed by atoms with E-state index in [1.807, 2.05) is 6.07 Å². The summed E-state index contributed by atoms with van der Waals surface area (Å²) in [6.45, 7) is 3.37. The highest BCUT2D eigenvalue weighted by Gasteiger charge is 2.63. The maximum atomic E-state index is 13.1. The quantitative estimate of drug-likeness (QED) is 0.605. The molecule has 0 aliphatic carbocycles. The third-order valence-electron chi connectivity index (χ3n) is 4.79. The van der Waals surface area contributed by atoms with Gasteiger partial charge in [0, 0.05) is 5.56 Å². The van der Waals surface area contributed by atoms with Gasteiger partial charge in [0.25, 0.3) is 0 Å². The van der Waals surface area contributed by atoms with Gasteiger partial charge in [-0.1, -0.05) is 23.7 Å². The number of hydrogen-bond acceptors (Lipinski definition) is 6. The Bertz CT molecular complexity index is 986. The van der Waals surface area contributed by atoms with Crippen LogP contribution >= 0.6 is 11.6 Å². The van der Waals surface area contributed by atoms with Gasteiger partial charge in [-0.3, -0.25) is 4.79 Å². The van der Waals surface area contributed by atoms with E-state index in [2.05, 4.69) is 10.6 Å².